The Morgan fingerprint density at radius 1 is 1.50 bits per heavy atom. The van der Waals surface area contributed by atoms with Gasteiger partial charge in [0.2, 0.25) is 5.09 Å². The van der Waals surface area contributed by atoms with E-state index in [4.69, 9.17) is 4.42 Å². The van der Waals surface area contributed by atoms with Crippen LogP contribution in [0.5, 0.6) is 0 Å². The van der Waals surface area contributed by atoms with E-state index in [0.29, 0.717) is 12.5 Å². The minimum absolute atomic E-state index is 0.00240. The maximum absolute atomic E-state index is 11.9. The Bertz CT molecular complexity index is 561. The standard InChI is InChI=1S/C12H19N3O4S/c1-13-20(17,18)11-5-4-10(19-11)12(16)15-8-9-3-2-6-14-7-9/h4-5,9,13-14H,2-3,6-8H2,1H3,(H,15,16). The van der Waals surface area contributed by atoms with E-state index in [2.05, 4.69) is 15.4 Å². The third-order valence-electron chi connectivity index (χ3n) is 3.29. The van der Waals surface area contributed by atoms with Crippen molar-refractivity contribution in [2.24, 2.45) is 5.92 Å². The number of furan rings is 1. The van der Waals surface area contributed by atoms with Crippen molar-refractivity contribution < 1.29 is 17.6 Å². The van der Waals surface area contributed by atoms with Crippen LogP contribution in [0, 0.1) is 5.92 Å². The van der Waals surface area contributed by atoms with Crippen molar-refractivity contribution in [1.82, 2.24) is 15.4 Å². The highest BCUT2D eigenvalue weighted by Crippen LogP contribution is 2.14. The SMILES string of the molecule is CNS(=O)(=O)c1ccc(C(=O)NCC2CCCNC2)o1. The van der Waals surface area contributed by atoms with Crippen LogP contribution < -0.4 is 15.4 Å². The lowest BCUT2D eigenvalue weighted by Crippen LogP contribution is -2.38. The summed E-state index contributed by atoms with van der Waals surface area (Å²) in [5, 5.41) is 5.77. The number of hydrogen-bond acceptors (Lipinski definition) is 5. The molecule has 7 nitrogen and oxygen atoms in total. The van der Waals surface area contributed by atoms with E-state index in [0.717, 1.165) is 25.9 Å². The normalized spacial score (nSPS) is 19.8. The van der Waals surface area contributed by atoms with Crippen molar-refractivity contribution in [3.05, 3.63) is 17.9 Å². The van der Waals surface area contributed by atoms with Gasteiger partial charge in [-0.25, -0.2) is 13.1 Å². The van der Waals surface area contributed by atoms with Crippen LogP contribution >= 0.6 is 0 Å². The van der Waals surface area contributed by atoms with Crippen LogP contribution in [0.3, 0.4) is 0 Å². The molecule has 1 aliphatic rings. The summed E-state index contributed by atoms with van der Waals surface area (Å²) in [5.41, 5.74) is 0. The molecule has 1 saturated heterocycles. The Morgan fingerprint density at radius 2 is 2.30 bits per heavy atom. The Morgan fingerprint density at radius 3 is 2.95 bits per heavy atom. The zero-order valence-electron chi connectivity index (χ0n) is 11.3. The monoisotopic (exact) mass is 301 g/mol. The van der Waals surface area contributed by atoms with E-state index in [1.807, 2.05) is 0 Å². The molecule has 1 fully saturated rings. The van der Waals surface area contributed by atoms with Gasteiger partial charge in [0.25, 0.3) is 15.9 Å². The van der Waals surface area contributed by atoms with Crippen molar-refractivity contribution in [1.29, 1.82) is 0 Å². The van der Waals surface area contributed by atoms with Gasteiger partial charge in [0, 0.05) is 6.54 Å². The molecule has 112 valence electrons. The van der Waals surface area contributed by atoms with E-state index in [1.54, 1.807) is 0 Å². The summed E-state index contributed by atoms with van der Waals surface area (Å²) in [6.45, 7) is 2.46. The van der Waals surface area contributed by atoms with E-state index in [-0.39, 0.29) is 10.9 Å². The van der Waals surface area contributed by atoms with Gasteiger partial charge in [-0.3, -0.25) is 4.79 Å². The molecule has 0 aliphatic carbocycles. The van der Waals surface area contributed by atoms with Gasteiger partial charge < -0.3 is 15.1 Å². The van der Waals surface area contributed by atoms with Gasteiger partial charge in [-0.05, 0) is 51.0 Å². The molecule has 0 saturated carbocycles. The van der Waals surface area contributed by atoms with E-state index < -0.39 is 15.9 Å². The highest BCUT2D eigenvalue weighted by Gasteiger charge is 2.20. The van der Waals surface area contributed by atoms with Crippen LogP contribution in [0.4, 0.5) is 0 Å². The van der Waals surface area contributed by atoms with Gasteiger partial charge in [-0.2, -0.15) is 0 Å². The smallest absolute Gasteiger partial charge is 0.287 e. The maximum Gasteiger partial charge on any atom is 0.287 e. The molecular formula is C12H19N3O4S. The minimum Gasteiger partial charge on any atom is -0.438 e. The molecule has 1 aromatic rings. The lowest BCUT2D eigenvalue weighted by Gasteiger charge is -2.22. The first-order valence-corrected chi connectivity index (χ1v) is 8.03. The van der Waals surface area contributed by atoms with E-state index in [1.165, 1.54) is 19.2 Å². The van der Waals surface area contributed by atoms with Gasteiger partial charge >= 0.3 is 0 Å². The third kappa shape index (κ3) is 3.59. The average molecular weight is 301 g/mol. The largest absolute Gasteiger partial charge is 0.438 e. The first-order chi connectivity index (χ1) is 9.53. The molecule has 0 radical (unpaired) electrons. The summed E-state index contributed by atoms with van der Waals surface area (Å²) in [5.74, 6) is 0.0129. The Labute approximate surface area is 118 Å². The molecule has 20 heavy (non-hydrogen) atoms. The van der Waals surface area contributed by atoms with Crippen LogP contribution in [0.15, 0.2) is 21.6 Å². The number of sulfonamides is 1. The summed E-state index contributed by atoms with van der Waals surface area (Å²) in [6.07, 6.45) is 2.18. The number of rotatable bonds is 5. The molecule has 2 heterocycles. The quantitative estimate of drug-likeness (QED) is 0.706. The molecular weight excluding hydrogens is 282 g/mol. The molecule has 0 bridgehead atoms. The molecule has 1 unspecified atom stereocenters. The predicted molar refractivity (Wildman–Crippen MR) is 72.9 cm³/mol. The summed E-state index contributed by atoms with van der Waals surface area (Å²) >= 11 is 0. The maximum atomic E-state index is 11.9. The Hall–Kier alpha value is -1.38. The number of nitrogens with one attached hydrogen (secondary N) is 3. The summed E-state index contributed by atoms with van der Waals surface area (Å²) in [6, 6.07) is 2.63. The molecule has 0 aromatic carbocycles. The molecule has 1 amide bonds. The zero-order chi connectivity index (χ0) is 14.6. The average Bonchev–Trinajstić information content (AvgIpc) is 2.96. The second-order valence-corrected chi connectivity index (χ2v) is 6.57. The number of piperidine rings is 1. The summed E-state index contributed by atoms with van der Waals surface area (Å²) in [7, 11) is -2.37. The fourth-order valence-corrected chi connectivity index (χ4v) is 2.76. The van der Waals surface area contributed by atoms with Crippen LogP contribution in [0.1, 0.15) is 23.4 Å². The fraction of sp³-hybridized carbons (Fsp3) is 0.583. The molecule has 1 atom stereocenters. The second-order valence-electron chi connectivity index (χ2n) is 4.75. The first kappa shape index (κ1) is 15.0. The number of carbonyl (C=O) groups is 1. The molecule has 2 rings (SSSR count). The third-order valence-corrected chi connectivity index (χ3v) is 4.58. The van der Waals surface area contributed by atoms with Crippen LogP contribution in [-0.4, -0.2) is 41.0 Å². The van der Waals surface area contributed by atoms with Crippen LogP contribution in [-0.2, 0) is 10.0 Å². The molecule has 1 aromatic heterocycles. The summed E-state index contributed by atoms with van der Waals surface area (Å²) < 4.78 is 30.2. The number of hydrogen-bond donors (Lipinski definition) is 3. The van der Waals surface area contributed by atoms with Crippen LogP contribution in [0.2, 0.25) is 0 Å². The molecule has 0 spiro atoms. The topological polar surface area (TPSA) is 100 Å². The van der Waals surface area contributed by atoms with Gasteiger partial charge in [0.15, 0.2) is 5.76 Å². The molecule has 8 heteroatoms. The van der Waals surface area contributed by atoms with Crippen molar-refractivity contribution in [3.63, 3.8) is 0 Å². The predicted octanol–water partition coefficient (Wildman–Crippen LogP) is -0.0829. The first-order valence-electron chi connectivity index (χ1n) is 6.55. The Kier molecular flexibility index (Phi) is 4.79. The van der Waals surface area contributed by atoms with Gasteiger partial charge in [0.1, 0.15) is 0 Å². The lowest BCUT2D eigenvalue weighted by molar-refractivity contribution is 0.0911. The van der Waals surface area contributed by atoms with E-state index >= 15 is 0 Å². The van der Waals surface area contributed by atoms with Crippen molar-refractivity contribution in [2.45, 2.75) is 17.9 Å². The second kappa shape index (κ2) is 6.38. The van der Waals surface area contributed by atoms with Crippen molar-refractivity contribution in [3.8, 4) is 0 Å². The zero-order valence-corrected chi connectivity index (χ0v) is 12.1. The number of carbonyl (C=O) groups excluding carboxylic acids is 1. The Balaban J connectivity index is 1.92. The van der Waals surface area contributed by atoms with Gasteiger partial charge in [0.05, 0.1) is 0 Å². The van der Waals surface area contributed by atoms with Crippen molar-refractivity contribution in [2.75, 3.05) is 26.7 Å². The minimum atomic E-state index is -3.65. The molecule has 3 N–H and O–H groups in total. The van der Waals surface area contributed by atoms with E-state index in [9.17, 15) is 13.2 Å². The van der Waals surface area contributed by atoms with Gasteiger partial charge in [-0.15, -0.1) is 0 Å². The number of amides is 1. The summed E-state index contributed by atoms with van der Waals surface area (Å²) in [4.78, 5) is 11.9. The molecule has 1 aliphatic heterocycles. The highest BCUT2D eigenvalue weighted by atomic mass is 32.2. The van der Waals surface area contributed by atoms with Crippen LogP contribution in [0.25, 0.3) is 0 Å². The lowest BCUT2D eigenvalue weighted by atomic mass is 10.00. The highest BCUT2D eigenvalue weighted by molar-refractivity contribution is 7.89. The van der Waals surface area contributed by atoms with Gasteiger partial charge in [-0.1, -0.05) is 0 Å². The van der Waals surface area contributed by atoms with Crippen molar-refractivity contribution >= 4 is 15.9 Å². The fourth-order valence-electron chi connectivity index (χ4n) is 2.11.